The molecule has 1 unspecified atom stereocenters. The second kappa shape index (κ2) is 7.78. The van der Waals surface area contributed by atoms with Crippen LogP contribution in [0.5, 0.6) is 0 Å². The zero-order chi connectivity index (χ0) is 16.1. The Morgan fingerprint density at radius 1 is 1.19 bits per heavy atom. The second-order valence-corrected chi connectivity index (χ2v) is 14.0. The largest absolute Gasteiger partial charge is 0.389 e. The van der Waals surface area contributed by atoms with Gasteiger partial charge in [0, 0.05) is 14.0 Å². The Kier molecular flexibility index (Phi) is 6.93. The van der Waals surface area contributed by atoms with Gasteiger partial charge in [-0.15, -0.1) is 0 Å². The van der Waals surface area contributed by atoms with E-state index in [1.807, 2.05) is 0 Å². The predicted molar refractivity (Wildman–Crippen MR) is 97.5 cm³/mol. The van der Waals surface area contributed by atoms with Crippen molar-refractivity contribution in [3.63, 3.8) is 0 Å². The van der Waals surface area contributed by atoms with Crippen molar-refractivity contribution in [1.82, 2.24) is 0 Å². The molecule has 1 nitrogen and oxygen atoms in total. The normalized spacial score (nSPS) is 19.9. The Balaban J connectivity index is 2.80. The minimum Gasteiger partial charge on any atom is -0.389 e. The molecule has 0 aromatic rings. The highest BCUT2D eigenvalue weighted by Crippen LogP contribution is 2.42. The summed E-state index contributed by atoms with van der Waals surface area (Å²) in [4.78, 5) is 0. The van der Waals surface area contributed by atoms with Crippen LogP contribution in [0.2, 0.25) is 25.7 Å². The van der Waals surface area contributed by atoms with Crippen molar-refractivity contribution < 1.29 is 5.11 Å². The van der Waals surface area contributed by atoms with E-state index in [0.29, 0.717) is 5.92 Å². The molecule has 0 spiro atoms. The van der Waals surface area contributed by atoms with Crippen molar-refractivity contribution in [3.8, 4) is 0 Å². The van der Waals surface area contributed by atoms with Gasteiger partial charge in [-0.25, -0.2) is 0 Å². The van der Waals surface area contributed by atoms with Gasteiger partial charge in [-0.2, -0.15) is 0 Å². The minimum absolute atomic E-state index is 0.315. The molecule has 21 heavy (non-hydrogen) atoms. The molecule has 1 aliphatic rings. The van der Waals surface area contributed by atoms with Crippen LogP contribution in [-0.4, -0.2) is 18.8 Å². The average molecular weight is 309 g/mol. The molecule has 1 saturated carbocycles. The summed E-state index contributed by atoms with van der Waals surface area (Å²) < 4.78 is 0. The fraction of sp³-hybridized carbons (Fsp3) is 0.789. The molecule has 1 rings (SSSR count). The molecular weight excluding hydrogens is 272 g/mol. The van der Waals surface area contributed by atoms with Crippen molar-refractivity contribution in [1.29, 1.82) is 0 Å². The summed E-state index contributed by atoms with van der Waals surface area (Å²) in [5.74, 6) is 0.315. The Morgan fingerprint density at radius 2 is 1.76 bits per heavy atom. The van der Waals surface area contributed by atoms with Crippen LogP contribution in [0.4, 0.5) is 0 Å². The van der Waals surface area contributed by atoms with Gasteiger partial charge in [0.05, 0.1) is 5.60 Å². The van der Waals surface area contributed by atoms with Gasteiger partial charge >= 0.3 is 0 Å². The molecule has 2 heteroatoms. The van der Waals surface area contributed by atoms with Crippen molar-refractivity contribution in [2.75, 3.05) is 0 Å². The number of allylic oxidation sites excluding steroid dienone is 2. The van der Waals surface area contributed by atoms with Crippen LogP contribution in [0.1, 0.15) is 58.8 Å². The van der Waals surface area contributed by atoms with Crippen LogP contribution in [0.15, 0.2) is 23.8 Å². The highest BCUT2D eigenvalue weighted by molar-refractivity contribution is 6.76. The standard InChI is InChI=1S/C19H36OSi/c1-16(2)11-10-12-17(3)18(15-21(4,5)6)19(20)13-8-7-9-14-19/h11,18,20H,3,7-10,12-15H2,1-2,4-6H3. The smallest absolute Gasteiger partial charge is 0.0709 e. The Labute approximate surface area is 133 Å². The van der Waals surface area contributed by atoms with Crippen molar-refractivity contribution >= 4 is 8.07 Å². The summed E-state index contributed by atoms with van der Waals surface area (Å²) in [6.45, 7) is 15.9. The molecule has 0 aromatic carbocycles. The molecule has 0 radical (unpaired) electrons. The number of aliphatic hydroxyl groups is 1. The minimum atomic E-state index is -1.21. The van der Waals surface area contributed by atoms with Gasteiger partial charge in [0.15, 0.2) is 0 Å². The van der Waals surface area contributed by atoms with E-state index in [2.05, 4.69) is 46.1 Å². The number of hydrogen-bond acceptors (Lipinski definition) is 1. The lowest BCUT2D eigenvalue weighted by Gasteiger charge is -2.42. The van der Waals surface area contributed by atoms with Crippen LogP contribution >= 0.6 is 0 Å². The third-order valence-electron chi connectivity index (χ3n) is 4.70. The van der Waals surface area contributed by atoms with Gasteiger partial charge in [-0.1, -0.05) is 62.7 Å². The topological polar surface area (TPSA) is 20.2 Å². The fourth-order valence-corrected chi connectivity index (χ4v) is 5.45. The number of rotatable bonds is 7. The van der Waals surface area contributed by atoms with Gasteiger partial charge in [0.1, 0.15) is 0 Å². The maximum atomic E-state index is 11.2. The van der Waals surface area contributed by atoms with Gasteiger partial charge in [-0.05, 0) is 45.6 Å². The first-order valence-corrected chi connectivity index (χ1v) is 12.4. The highest BCUT2D eigenvalue weighted by atomic mass is 28.3. The van der Waals surface area contributed by atoms with Crippen LogP contribution in [0, 0.1) is 5.92 Å². The lowest BCUT2D eigenvalue weighted by molar-refractivity contribution is -0.0320. The Morgan fingerprint density at radius 3 is 2.24 bits per heavy atom. The third kappa shape index (κ3) is 6.52. The number of hydrogen-bond donors (Lipinski definition) is 1. The van der Waals surface area contributed by atoms with E-state index in [-0.39, 0.29) is 0 Å². The van der Waals surface area contributed by atoms with Crippen molar-refractivity contribution in [2.45, 2.75) is 90.1 Å². The lowest BCUT2D eigenvalue weighted by Crippen LogP contribution is -2.44. The van der Waals surface area contributed by atoms with Gasteiger partial charge in [0.2, 0.25) is 0 Å². The van der Waals surface area contributed by atoms with Crippen molar-refractivity contribution in [2.24, 2.45) is 5.92 Å². The van der Waals surface area contributed by atoms with E-state index < -0.39 is 13.7 Å². The molecule has 0 amide bonds. The molecule has 1 aliphatic carbocycles. The summed E-state index contributed by atoms with van der Waals surface area (Å²) in [5.41, 5.74) is 2.20. The van der Waals surface area contributed by atoms with Gasteiger partial charge in [-0.3, -0.25) is 0 Å². The molecule has 1 atom stereocenters. The van der Waals surface area contributed by atoms with Gasteiger partial charge < -0.3 is 5.11 Å². The third-order valence-corrected chi connectivity index (χ3v) is 6.33. The maximum Gasteiger partial charge on any atom is 0.0709 e. The maximum absolute atomic E-state index is 11.2. The molecule has 0 heterocycles. The molecule has 0 bridgehead atoms. The molecule has 0 saturated heterocycles. The van der Waals surface area contributed by atoms with E-state index in [4.69, 9.17) is 0 Å². The monoisotopic (exact) mass is 308 g/mol. The van der Waals surface area contributed by atoms with Crippen LogP contribution in [0.3, 0.4) is 0 Å². The summed E-state index contributed by atoms with van der Waals surface area (Å²) in [7, 11) is -1.21. The summed E-state index contributed by atoms with van der Waals surface area (Å²) in [6, 6.07) is 1.18. The SMILES string of the molecule is C=C(CCC=C(C)C)C(C[Si](C)(C)C)C1(O)CCCCC1. The van der Waals surface area contributed by atoms with Crippen molar-refractivity contribution in [3.05, 3.63) is 23.8 Å². The van der Waals surface area contributed by atoms with E-state index in [0.717, 1.165) is 25.7 Å². The Hall–Kier alpha value is -0.343. The second-order valence-electron chi connectivity index (χ2n) is 8.46. The average Bonchev–Trinajstić information content (AvgIpc) is 2.35. The quantitative estimate of drug-likeness (QED) is 0.456. The first-order valence-electron chi connectivity index (χ1n) is 8.67. The summed E-state index contributed by atoms with van der Waals surface area (Å²) in [5, 5.41) is 11.2. The van der Waals surface area contributed by atoms with E-state index in [9.17, 15) is 5.11 Å². The van der Waals surface area contributed by atoms with Crippen LogP contribution in [0.25, 0.3) is 0 Å². The molecule has 0 aliphatic heterocycles. The predicted octanol–water partition coefficient (Wildman–Crippen LogP) is 5.94. The summed E-state index contributed by atoms with van der Waals surface area (Å²) in [6.07, 6.45) is 9.99. The molecule has 0 aromatic heterocycles. The first-order chi connectivity index (χ1) is 9.64. The van der Waals surface area contributed by atoms with Crippen LogP contribution in [-0.2, 0) is 0 Å². The first kappa shape index (κ1) is 18.7. The Bertz CT molecular complexity index is 366. The highest BCUT2D eigenvalue weighted by Gasteiger charge is 2.40. The zero-order valence-corrected chi connectivity index (χ0v) is 16.0. The molecule has 122 valence electrons. The van der Waals surface area contributed by atoms with E-state index in [1.165, 1.54) is 36.5 Å². The lowest BCUT2D eigenvalue weighted by atomic mass is 9.73. The van der Waals surface area contributed by atoms with E-state index in [1.54, 1.807) is 0 Å². The molecule has 1 fully saturated rings. The fourth-order valence-electron chi connectivity index (χ4n) is 3.56. The molecule has 1 N–H and O–H groups in total. The van der Waals surface area contributed by atoms with E-state index >= 15 is 0 Å². The summed E-state index contributed by atoms with van der Waals surface area (Å²) >= 11 is 0. The zero-order valence-electron chi connectivity index (χ0n) is 15.0. The van der Waals surface area contributed by atoms with Crippen LogP contribution < -0.4 is 0 Å². The molecular formula is C19H36OSi. The van der Waals surface area contributed by atoms with Gasteiger partial charge in [0.25, 0.3) is 0 Å².